The lowest BCUT2D eigenvalue weighted by atomic mass is 9.74. The van der Waals surface area contributed by atoms with Gasteiger partial charge in [-0.25, -0.2) is 0 Å². The van der Waals surface area contributed by atoms with Crippen LogP contribution in [0.4, 0.5) is 0 Å². The molecule has 2 N–H and O–H groups in total. The van der Waals surface area contributed by atoms with E-state index in [9.17, 15) is 9.90 Å². The second kappa shape index (κ2) is 4.82. The number of nitrogens with zero attached hydrogens (tertiary/aromatic N) is 1. The van der Waals surface area contributed by atoms with Gasteiger partial charge in [-0.15, -0.1) is 0 Å². The van der Waals surface area contributed by atoms with Crippen molar-refractivity contribution in [1.82, 2.24) is 10.2 Å². The van der Waals surface area contributed by atoms with E-state index in [4.69, 9.17) is 0 Å². The lowest BCUT2D eigenvalue weighted by Gasteiger charge is -2.41. The Labute approximate surface area is 110 Å². The maximum atomic E-state index is 12.8. The Hall–Kier alpha value is -0.610. The summed E-state index contributed by atoms with van der Waals surface area (Å²) < 4.78 is 0. The average Bonchev–Trinajstić information content (AvgIpc) is 2.78. The molecule has 0 saturated carbocycles. The molecule has 4 heteroatoms. The zero-order valence-electron chi connectivity index (χ0n) is 11.8. The van der Waals surface area contributed by atoms with Gasteiger partial charge >= 0.3 is 0 Å². The van der Waals surface area contributed by atoms with Crippen LogP contribution in [0.5, 0.6) is 0 Å². The van der Waals surface area contributed by atoms with Gasteiger partial charge in [0.05, 0.1) is 11.0 Å². The lowest BCUT2D eigenvalue weighted by molar-refractivity contribution is -0.147. The van der Waals surface area contributed by atoms with Crippen molar-refractivity contribution in [2.75, 3.05) is 26.2 Å². The second-order valence-electron chi connectivity index (χ2n) is 6.53. The van der Waals surface area contributed by atoms with E-state index in [1.165, 1.54) is 0 Å². The van der Waals surface area contributed by atoms with Gasteiger partial charge in [0.2, 0.25) is 5.91 Å². The van der Waals surface area contributed by atoms with Crippen LogP contribution >= 0.6 is 0 Å². The van der Waals surface area contributed by atoms with Gasteiger partial charge in [-0.3, -0.25) is 4.79 Å². The molecule has 4 nitrogen and oxygen atoms in total. The third-order valence-corrected chi connectivity index (χ3v) is 4.85. The molecule has 0 radical (unpaired) electrons. The van der Waals surface area contributed by atoms with Crippen molar-refractivity contribution in [3.05, 3.63) is 0 Å². The number of likely N-dealkylation sites (tertiary alicyclic amines) is 1. The molecule has 0 aliphatic carbocycles. The van der Waals surface area contributed by atoms with Gasteiger partial charge in [0.25, 0.3) is 0 Å². The van der Waals surface area contributed by atoms with Gasteiger partial charge in [0.1, 0.15) is 0 Å². The quantitative estimate of drug-likeness (QED) is 0.773. The Kier molecular flexibility index (Phi) is 3.70. The minimum atomic E-state index is -0.588. The first-order valence-electron chi connectivity index (χ1n) is 7.10. The number of amides is 1. The summed E-state index contributed by atoms with van der Waals surface area (Å²) in [4.78, 5) is 14.7. The highest BCUT2D eigenvalue weighted by atomic mass is 16.3. The fraction of sp³-hybridized carbons (Fsp3) is 0.929. The van der Waals surface area contributed by atoms with Crippen LogP contribution in [0.2, 0.25) is 0 Å². The number of aliphatic hydroxyl groups is 1. The average molecular weight is 254 g/mol. The third kappa shape index (κ3) is 2.41. The standard InChI is InChI=1S/C14H26N2O2/c1-11(2)14(4-7-15-10-14)12(17)16-8-5-13(3,18)6-9-16/h11,15,18H,4-10H2,1-3H3. The number of carbonyl (C=O) groups is 1. The molecule has 2 aliphatic rings. The van der Waals surface area contributed by atoms with Gasteiger partial charge in [-0.05, 0) is 38.6 Å². The molecular formula is C14H26N2O2. The molecule has 18 heavy (non-hydrogen) atoms. The first kappa shape index (κ1) is 13.8. The molecule has 0 spiro atoms. The Balaban J connectivity index is 2.07. The van der Waals surface area contributed by atoms with Crippen LogP contribution in [0.1, 0.15) is 40.0 Å². The Morgan fingerprint density at radius 2 is 1.89 bits per heavy atom. The molecule has 104 valence electrons. The maximum Gasteiger partial charge on any atom is 0.230 e. The largest absolute Gasteiger partial charge is 0.390 e. The first-order chi connectivity index (χ1) is 8.37. The van der Waals surface area contributed by atoms with E-state index in [1.807, 2.05) is 11.8 Å². The van der Waals surface area contributed by atoms with E-state index < -0.39 is 5.60 Å². The monoisotopic (exact) mass is 254 g/mol. The van der Waals surface area contributed by atoms with Crippen LogP contribution in [-0.2, 0) is 4.79 Å². The Bertz CT molecular complexity index is 310. The number of piperidine rings is 1. The molecule has 0 aromatic heterocycles. The summed E-state index contributed by atoms with van der Waals surface area (Å²) in [6.45, 7) is 9.28. The molecule has 2 heterocycles. The predicted octanol–water partition coefficient (Wildman–Crippen LogP) is 0.995. The first-order valence-corrected chi connectivity index (χ1v) is 7.10. The molecular weight excluding hydrogens is 228 g/mol. The molecule has 0 aromatic carbocycles. The zero-order chi connectivity index (χ0) is 13.4. The van der Waals surface area contributed by atoms with Gasteiger partial charge in [0.15, 0.2) is 0 Å². The van der Waals surface area contributed by atoms with E-state index in [2.05, 4.69) is 19.2 Å². The molecule has 1 unspecified atom stereocenters. The van der Waals surface area contributed by atoms with E-state index in [0.717, 1.165) is 19.5 Å². The molecule has 0 bridgehead atoms. The van der Waals surface area contributed by atoms with Crippen LogP contribution in [0, 0.1) is 11.3 Å². The second-order valence-corrected chi connectivity index (χ2v) is 6.53. The number of nitrogens with one attached hydrogen (secondary N) is 1. The number of carbonyl (C=O) groups excluding carboxylic acids is 1. The summed E-state index contributed by atoms with van der Waals surface area (Å²) in [5, 5.41) is 13.3. The Morgan fingerprint density at radius 1 is 1.28 bits per heavy atom. The topological polar surface area (TPSA) is 52.6 Å². The number of hydrogen-bond donors (Lipinski definition) is 2. The predicted molar refractivity (Wildman–Crippen MR) is 71.2 cm³/mol. The van der Waals surface area contributed by atoms with Crippen molar-refractivity contribution in [2.45, 2.75) is 45.6 Å². The van der Waals surface area contributed by atoms with E-state index in [0.29, 0.717) is 31.8 Å². The summed E-state index contributed by atoms with van der Waals surface area (Å²) in [6, 6.07) is 0. The van der Waals surface area contributed by atoms with Crippen molar-refractivity contribution in [3.8, 4) is 0 Å². The van der Waals surface area contributed by atoms with E-state index in [-0.39, 0.29) is 11.3 Å². The van der Waals surface area contributed by atoms with Crippen LogP contribution < -0.4 is 5.32 Å². The van der Waals surface area contributed by atoms with Crippen molar-refractivity contribution in [2.24, 2.45) is 11.3 Å². The minimum absolute atomic E-state index is 0.219. The smallest absolute Gasteiger partial charge is 0.230 e. The highest BCUT2D eigenvalue weighted by Gasteiger charge is 2.46. The maximum absolute atomic E-state index is 12.8. The van der Waals surface area contributed by atoms with Gasteiger partial charge < -0.3 is 15.3 Å². The van der Waals surface area contributed by atoms with Crippen LogP contribution in [0.3, 0.4) is 0 Å². The zero-order valence-corrected chi connectivity index (χ0v) is 11.8. The van der Waals surface area contributed by atoms with Gasteiger partial charge in [-0.1, -0.05) is 13.8 Å². The molecule has 2 rings (SSSR count). The van der Waals surface area contributed by atoms with E-state index in [1.54, 1.807) is 0 Å². The minimum Gasteiger partial charge on any atom is -0.390 e. The van der Waals surface area contributed by atoms with Crippen molar-refractivity contribution < 1.29 is 9.90 Å². The fourth-order valence-corrected chi connectivity index (χ4v) is 3.14. The number of rotatable bonds is 2. The van der Waals surface area contributed by atoms with Crippen molar-refractivity contribution in [1.29, 1.82) is 0 Å². The fourth-order valence-electron chi connectivity index (χ4n) is 3.14. The molecule has 0 aromatic rings. The SMILES string of the molecule is CC(C)C1(C(=O)N2CCC(C)(O)CC2)CCNC1. The number of hydrogen-bond acceptors (Lipinski definition) is 3. The van der Waals surface area contributed by atoms with Crippen LogP contribution in [-0.4, -0.2) is 47.7 Å². The molecule has 2 aliphatic heterocycles. The highest BCUT2D eigenvalue weighted by molar-refractivity contribution is 5.83. The third-order valence-electron chi connectivity index (χ3n) is 4.85. The summed E-state index contributed by atoms with van der Waals surface area (Å²) in [7, 11) is 0. The van der Waals surface area contributed by atoms with Crippen molar-refractivity contribution in [3.63, 3.8) is 0 Å². The molecule has 2 saturated heterocycles. The summed E-state index contributed by atoms with van der Waals surface area (Å²) in [5.74, 6) is 0.653. The normalized spacial score (nSPS) is 31.9. The highest BCUT2D eigenvalue weighted by Crippen LogP contribution is 2.37. The van der Waals surface area contributed by atoms with Gasteiger partial charge in [-0.2, -0.15) is 0 Å². The van der Waals surface area contributed by atoms with Crippen molar-refractivity contribution >= 4 is 5.91 Å². The molecule has 2 fully saturated rings. The lowest BCUT2D eigenvalue weighted by Crippen LogP contribution is -2.53. The summed E-state index contributed by atoms with van der Waals surface area (Å²) in [6.07, 6.45) is 2.33. The summed E-state index contributed by atoms with van der Waals surface area (Å²) in [5.41, 5.74) is -0.807. The van der Waals surface area contributed by atoms with E-state index >= 15 is 0 Å². The van der Waals surface area contributed by atoms with Gasteiger partial charge in [0, 0.05) is 19.6 Å². The Morgan fingerprint density at radius 3 is 2.33 bits per heavy atom. The summed E-state index contributed by atoms with van der Waals surface area (Å²) >= 11 is 0. The van der Waals surface area contributed by atoms with Crippen LogP contribution in [0.15, 0.2) is 0 Å². The van der Waals surface area contributed by atoms with Crippen LogP contribution in [0.25, 0.3) is 0 Å². The molecule has 1 atom stereocenters. The molecule has 1 amide bonds.